The minimum Gasteiger partial charge on any atom is -0.464 e. The molecule has 12 nitrogen and oxygen atoms in total. The highest BCUT2D eigenvalue weighted by atomic mass is 16.5. The first kappa shape index (κ1) is 57.8. The highest BCUT2D eigenvalue weighted by Gasteiger charge is 2.17. The van der Waals surface area contributed by atoms with Crippen molar-refractivity contribution in [3.05, 3.63) is 31.5 Å². The van der Waals surface area contributed by atoms with Crippen LogP contribution in [0.2, 0.25) is 0 Å². The summed E-state index contributed by atoms with van der Waals surface area (Å²) < 4.78 is 18.8. The minimum atomic E-state index is -0.877. The number of hydrogen-bond acceptors (Lipinski definition) is 9. The van der Waals surface area contributed by atoms with Crippen molar-refractivity contribution in [3.8, 4) is 0 Å². The first-order valence-corrected chi connectivity index (χ1v) is 26.2. The van der Waals surface area contributed by atoms with Gasteiger partial charge in [0.2, 0.25) is 0 Å². The van der Waals surface area contributed by atoms with Crippen molar-refractivity contribution in [2.24, 2.45) is 0 Å². The molecular weight excluding hydrogens is 799 g/mol. The molecule has 0 radical (unpaired) electrons. The molecular formula is C51H93N3O9. The Balaban J connectivity index is 2.66. The van der Waals surface area contributed by atoms with Crippen molar-refractivity contribution in [2.75, 3.05) is 19.8 Å². The zero-order chi connectivity index (χ0) is 46.0. The zero-order valence-corrected chi connectivity index (χ0v) is 40.7. The second-order valence-electron chi connectivity index (χ2n) is 17.8. The van der Waals surface area contributed by atoms with Gasteiger partial charge in [-0.2, -0.15) is 0 Å². The van der Waals surface area contributed by atoms with Crippen molar-refractivity contribution in [3.63, 3.8) is 0 Å². The van der Waals surface area contributed by atoms with Crippen molar-refractivity contribution in [1.29, 1.82) is 0 Å². The van der Waals surface area contributed by atoms with E-state index in [9.17, 15) is 28.8 Å². The standard InChI is InChI=1S/C51H93N3O9/c1-4-7-10-13-16-19-22-25-28-31-34-37-46(55)61-43-40-52-49(58)53(41-44-62-47(56)38-35-32-29-26-23-20-17-14-11-8-5-2)51(60)54(50(52)59)42-45-63-48(57)39-36-33-30-27-24-21-18-15-12-9-6-3/h4-45H2,1-3H3. The Hall–Kier alpha value is -3.18. The van der Waals surface area contributed by atoms with Crippen molar-refractivity contribution < 1.29 is 28.6 Å². The third-order valence-electron chi connectivity index (χ3n) is 12.1. The summed E-state index contributed by atoms with van der Waals surface area (Å²) in [6, 6.07) is 0. The summed E-state index contributed by atoms with van der Waals surface area (Å²) in [6.45, 7) is 5.28. The third kappa shape index (κ3) is 31.4. The van der Waals surface area contributed by atoms with Gasteiger partial charge in [-0.3, -0.25) is 14.4 Å². The van der Waals surface area contributed by atoms with Crippen LogP contribution in [0.25, 0.3) is 0 Å². The van der Waals surface area contributed by atoms with Gasteiger partial charge in [-0.05, 0) is 19.3 Å². The average molecular weight is 892 g/mol. The second-order valence-corrected chi connectivity index (χ2v) is 17.8. The molecule has 0 N–H and O–H groups in total. The predicted molar refractivity (Wildman–Crippen MR) is 255 cm³/mol. The van der Waals surface area contributed by atoms with Crippen LogP contribution in [0.3, 0.4) is 0 Å². The molecule has 0 atom stereocenters. The lowest BCUT2D eigenvalue weighted by Crippen LogP contribution is -2.55. The first-order valence-electron chi connectivity index (χ1n) is 26.2. The van der Waals surface area contributed by atoms with Gasteiger partial charge in [0.05, 0.1) is 19.6 Å². The molecule has 366 valence electrons. The number of carbonyl (C=O) groups excluding carboxylic acids is 3. The molecule has 0 fully saturated rings. The molecule has 0 saturated carbocycles. The number of ether oxygens (including phenoxy) is 3. The maximum Gasteiger partial charge on any atom is 0.336 e. The highest BCUT2D eigenvalue weighted by molar-refractivity contribution is 5.69. The number of esters is 3. The molecule has 0 aliphatic rings. The van der Waals surface area contributed by atoms with Crippen LogP contribution in [0, 0.1) is 0 Å². The summed E-state index contributed by atoms with van der Waals surface area (Å²) in [6.07, 6.45) is 39.3. The molecule has 0 aliphatic carbocycles. The van der Waals surface area contributed by atoms with E-state index in [1.807, 2.05) is 0 Å². The Morgan fingerprint density at radius 1 is 0.302 bits per heavy atom. The fraction of sp³-hybridized carbons (Fsp3) is 0.882. The summed E-state index contributed by atoms with van der Waals surface area (Å²) in [5.41, 5.74) is -2.63. The second kappa shape index (κ2) is 41.5. The van der Waals surface area contributed by atoms with Gasteiger partial charge >= 0.3 is 35.0 Å². The van der Waals surface area contributed by atoms with Gasteiger partial charge in [0.1, 0.15) is 19.8 Å². The summed E-state index contributed by atoms with van der Waals surface area (Å²) >= 11 is 0. The number of nitrogens with zero attached hydrogens (tertiary/aromatic N) is 3. The molecule has 0 unspecified atom stereocenters. The molecule has 63 heavy (non-hydrogen) atoms. The van der Waals surface area contributed by atoms with Gasteiger partial charge in [0, 0.05) is 19.3 Å². The fourth-order valence-electron chi connectivity index (χ4n) is 8.03. The molecule has 1 aromatic heterocycles. The van der Waals surface area contributed by atoms with Crippen LogP contribution in [-0.4, -0.2) is 51.4 Å². The van der Waals surface area contributed by atoms with Crippen LogP contribution in [-0.2, 0) is 48.2 Å². The number of carbonyl (C=O) groups is 3. The lowest BCUT2D eigenvalue weighted by molar-refractivity contribution is -0.144. The number of rotatable bonds is 45. The van der Waals surface area contributed by atoms with Crippen LogP contribution in [0.5, 0.6) is 0 Å². The molecule has 0 aromatic carbocycles. The van der Waals surface area contributed by atoms with Crippen LogP contribution >= 0.6 is 0 Å². The quantitative estimate of drug-likeness (QED) is 0.0355. The summed E-state index contributed by atoms with van der Waals surface area (Å²) in [5, 5.41) is 0. The summed E-state index contributed by atoms with van der Waals surface area (Å²) in [7, 11) is 0. The number of aromatic nitrogens is 3. The van der Waals surface area contributed by atoms with Crippen molar-refractivity contribution in [1.82, 2.24) is 13.7 Å². The van der Waals surface area contributed by atoms with E-state index in [0.717, 1.165) is 71.5 Å². The van der Waals surface area contributed by atoms with E-state index >= 15 is 0 Å². The van der Waals surface area contributed by atoms with E-state index in [4.69, 9.17) is 14.2 Å². The summed E-state index contributed by atoms with van der Waals surface area (Å²) in [4.78, 5) is 78.0. The van der Waals surface area contributed by atoms with Crippen LogP contribution < -0.4 is 17.1 Å². The predicted octanol–water partition coefficient (Wildman–Crippen LogP) is 11.9. The van der Waals surface area contributed by atoms with Gasteiger partial charge in [0.25, 0.3) is 0 Å². The molecule has 0 spiro atoms. The van der Waals surface area contributed by atoms with E-state index in [2.05, 4.69) is 20.8 Å². The zero-order valence-electron chi connectivity index (χ0n) is 40.7. The van der Waals surface area contributed by atoms with Gasteiger partial charge in [-0.15, -0.1) is 0 Å². The van der Waals surface area contributed by atoms with E-state index in [-0.39, 0.29) is 58.7 Å². The van der Waals surface area contributed by atoms with Crippen molar-refractivity contribution in [2.45, 2.75) is 272 Å². The van der Waals surface area contributed by atoms with Crippen LogP contribution in [0.1, 0.15) is 252 Å². The average Bonchev–Trinajstić information content (AvgIpc) is 3.27. The molecule has 0 bridgehead atoms. The van der Waals surface area contributed by atoms with Gasteiger partial charge in [-0.1, -0.05) is 213 Å². The van der Waals surface area contributed by atoms with E-state index < -0.39 is 35.0 Å². The number of unbranched alkanes of at least 4 members (excludes halogenated alkanes) is 30. The molecule has 1 rings (SSSR count). The Labute approximate surface area is 382 Å². The maximum absolute atomic E-state index is 13.5. The topological polar surface area (TPSA) is 145 Å². The lowest BCUT2D eigenvalue weighted by atomic mass is 10.1. The van der Waals surface area contributed by atoms with E-state index in [0.29, 0.717) is 19.3 Å². The smallest absolute Gasteiger partial charge is 0.336 e. The monoisotopic (exact) mass is 892 g/mol. The SMILES string of the molecule is CCCCCCCCCCCCCC(=O)OCCn1c(=O)n(CCOC(=O)CCCCCCCCCCCCC)c(=O)n(CCOC(=O)CCCCCCCCCCCCC)c1=O. The fourth-order valence-corrected chi connectivity index (χ4v) is 8.03. The largest absolute Gasteiger partial charge is 0.464 e. The van der Waals surface area contributed by atoms with E-state index in [1.54, 1.807) is 0 Å². The number of hydrogen-bond donors (Lipinski definition) is 0. The first-order chi connectivity index (χ1) is 30.8. The highest BCUT2D eigenvalue weighted by Crippen LogP contribution is 2.15. The molecule has 0 amide bonds. The van der Waals surface area contributed by atoms with Gasteiger partial charge in [0.15, 0.2) is 0 Å². The van der Waals surface area contributed by atoms with E-state index in [1.165, 1.54) is 135 Å². The third-order valence-corrected chi connectivity index (χ3v) is 12.1. The molecule has 0 saturated heterocycles. The Bertz CT molecular complexity index is 1270. The van der Waals surface area contributed by atoms with Crippen molar-refractivity contribution >= 4 is 17.9 Å². The van der Waals surface area contributed by atoms with Crippen LogP contribution in [0.4, 0.5) is 0 Å². The Morgan fingerprint density at radius 2 is 0.476 bits per heavy atom. The minimum absolute atomic E-state index is 0.216. The molecule has 1 aromatic rings. The Morgan fingerprint density at radius 3 is 0.667 bits per heavy atom. The van der Waals surface area contributed by atoms with Crippen LogP contribution in [0.15, 0.2) is 14.4 Å². The lowest BCUT2D eigenvalue weighted by Gasteiger charge is -2.14. The van der Waals surface area contributed by atoms with Gasteiger partial charge < -0.3 is 14.2 Å². The molecule has 1 heterocycles. The maximum atomic E-state index is 13.5. The molecule has 12 heteroatoms. The molecule has 0 aliphatic heterocycles. The summed E-state index contributed by atoms with van der Waals surface area (Å²) in [5.74, 6) is -1.20. The van der Waals surface area contributed by atoms with Gasteiger partial charge in [-0.25, -0.2) is 28.1 Å². The Kier molecular flexibility index (Phi) is 38.1. The normalized spacial score (nSPS) is 11.3.